The van der Waals surface area contributed by atoms with Gasteiger partial charge in [0.25, 0.3) is 5.56 Å². The standard InChI is InChI=1S/C14H15NO2/c1-9(16)7-8-12-10(2)11-5-3-4-6-13(11)15-14(12)17/h3-6H,7-8H2,1-2H3,(H,15,17). The van der Waals surface area contributed by atoms with E-state index in [-0.39, 0.29) is 11.3 Å². The Morgan fingerprint density at radius 3 is 2.71 bits per heavy atom. The maximum atomic E-state index is 11.9. The van der Waals surface area contributed by atoms with Gasteiger partial charge < -0.3 is 9.78 Å². The zero-order valence-electron chi connectivity index (χ0n) is 10.0. The molecule has 3 nitrogen and oxygen atoms in total. The van der Waals surface area contributed by atoms with Crippen LogP contribution in [0.3, 0.4) is 0 Å². The molecular weight excluding hydrogens is 214 g/mol. The lowest BCUT2D eigenvalue weighted by molar-refractivity contribution is -0.116. The van der Waals surface area contributed by atoms with Gasteiger partial charge in [0.15, 0.2) is 0 Å². The molecule has 0 aliphatic carbocycles. The second-order valence-corrected chi connectivity index (χ2v) is 4.31. The van der Waals surface area contributed by atoms with Crippen molar-refractivity contribution in [1.29, 1.82) is 0 Å². The fourth-order valence-electron chi connectivity index (χ4n) is 2.05. The molecule has 1 heterocycles. The van der Waals surface area contributed by atoms with Gasteiger partial charge in [-0.15, -0.1) is 0 Å². The number of aryl methyl sites for hydroxylation is 1. The Hall–Kier alpha value is -1.90. The first-order valence-electron chi connectivity index (χ1n) is 5.69. The van der Waals surface area contributed by atoms with E-state index in [9.17, 15) is 9.59 Å². The number of nitrogens with one attached hydrogen (secondary N) is 1. The second-order valence-electron chi connectivity index (χ2n) is 4.31. The topological polar surface area (TPSA) is 49.9 Å². The molecule has 0 aliphatic rings. The number of aromatic nitrogens is 1. The van der Waals surface area contributed by atoms with Crippen LogP contribution in [0.4, 0.5) is 0 Å². The van der Waals surface area contributed by atoms with Gasteiger partial charge in [0.2, 0.25) is 0 Å². The van der Waals surface area contributed by atoms with E-state index in [4.69, 9.17) is 0 Å². The van der Waals surface area contributed by atoms with E-state index in [0.717, 1.165) is 22.0 Å². The molecule has 0 saturated heterocycles. The molecule has 0 atom stereocenters. The molecular formula is C14H15NO2. The summed E-state index contributed by atoms with van der Waals surface area (Å²) in [6, 6.07) is 7.71. The summed E-state index contributed by atoms with van der Waals surface area (Å²) in [7, 11) is 0. The zero-order valence-corrected chi connectivity index (χ0v) is 10.0. The number of benzene rings is 1. The molecule has 0 radical (unpaired) electrons. The maximum Gasteiger partial charge on any atom is 0.251 e. The first-order chi connectivity index (χ1) is 8.09. The van der Waals surface area contributed by atoms with Gasteiger partial charge in [-0.1, -0.05) is 18.2 Å². The van der Waals surface area contributed by atoms with Crippen LogP contribution in [0.1, 0.15) is 24.5 Å². The van der Waals surface area contributed by atoms with Crippen molar-refractivity contribution in [2.24, 2.45) is 0 Å². The molecule has 0 fully saturated rings. The van der Waals surface area contributed by atoms with Crippen LogP contribution in [0.25, 0.3) is 10.9 Å². The Kier molecular flexibility index (Phi) is 3.09. The minimum absolute atomic E-state index is 0.0811. The van der Waals surface area contributed by atoms with Crippen molar-refractivity contribution >= 4 is 16.7 Å². The van der Waals surface area contributed by atoms with Crippen LogP contribution in [0.15, 0.2) is 29.1 Å². The van der Waals surface area contributed by atoms with Crippen molar-refractivity contribution < 1.29 is 4.79 Å². The number of carbonyl (C=O) groups is 1. The molecule has 3 heteroatoms. The van der Waals surface area contributed by atoms with Gasteiger partial charge in [0.05, 0.1) is 0 Å². The number of hydrogen-bond acceptors (Lipinski definition) is 2. The van der Waals surface area contributed by atoms with E-state index in [0.29, 0.717) is 12.8 Å². The van der Waals surface area contributed by atoms with Crippen molar-refractivity contribution in [3.63, 3.8) is 0 Å². The number of hydrogen-bond donors (Lipinski definition) is 1. The quantitative estimate of drug-likeness (QED) is 0.878. The van der Waals surface area contributed by atoms with E-state index in [2.05, 4.69) is 4.98 Å². The number of ketones is 1. The van der Waals surface area contributed by atoms with Crippen molar-refractivity contribution in [1.82, 2.24) is 4.98 Å². The van der Waals surface area contributed by atoms with Crippen molar-refractivity contribution in [3.8, 4) is 0 Å². The number of para-hydroxylation sites is 1. The van der Waals surface area contributed by atoms with Crippen molar-refractivity contribution in [2.45, 2.75) is 26.7 Å². The molecule has 0 aliphatic heterocycles. The van der Waals surface area contributed by atoms with E-state index >= 15 is 0 Å². The summed E-state index contributed by atoms with van der Waals surface area (Å²) < 4.78 is 0. The molecule has 0 spiro atoms. The van der Waals surface area contributed by atoms with Crippen LogP contribution in [-0.2, 0) is 11.2 Å². The third-order valence-corrected chi connectivity index (χ3v) is 3.03. The van der Waals surface area contributed by atoms with E-state index in [1.807, 2.05) is 31.2 Å². The SMILES string of the molecule is CC(=O)CCc1c(C)c2ccccc2[nH]c1=O. The largest absolute Gasteiger partial charge is 0.322 e. The lowest BCUT2D eigenvalue weighted by Crippen LogP contribution is -2.15. The minimum atomic E-state index is -0.0811. The Morgan fingerprint density at radius 1 is 1.29 bits per heavy atom. The van der Waals surface area contributed by atoms with E-state index in [1.165, 1.54) is 0 Å². The van der Waals surface area contributed by atoms with Crippen LogP contribution >= 0.6 is 0 Å². The number of Topliss-reactive ketones (excluding diaryl/α,β-unsaturated/α-hetero) is 1. The number of aromatic amines is 1. The van der Waals surface area contributed by atoms with Crippen molar-refractivity contribution in [3.05, 3.63) is 45.7 Å². The van der Waals surface area contributed by atoms with Crippen LogP contribution in [-0.4, -0.2) is 10.8 Å². The fraction of sp³-hybridized carbons (Fsp3) is 0.286. The summed E-state index contributed by atoms with van der Waals surface area (Å²) in [6.45, 7) is 3.48. The molecule has 2 aromatic rings. The Balaban J connectivity index is 2.56. The smallest absolute Gasteiger partial charge is 0.251 e. The monoisotopic (exact) mass is 229 g/mol. The molecule has 0 bridgehead atoms. The first kappa shape index (κ1) is 11.6. The summed E-state index contributed by atoms with van der Waals surface area (Å²) in [5.74, 6) is 0.108. The Labute approximate surface area is 99.5 Å². The molecule has 88 valence electrons. The predicted molar refractivity (Wildman–Crippen MR) is 68.3 cm³/mol. The van der Waals surface area contributed by atoms with Crippen LogP contribution in [0, 0.1) is 6.92 Å². The highest BCUT2D eigenvalue weighted by atomic mass is 16.1. The molecule has 1 aromatic carbocycles. The highest BCUT2D eigenvalue weighted by Gasteiger charge is 2.09. The third-order valence-electron chi connectivity index (χ3n) is 3.03. The summed E-state index contributed by atoms with van der Waals surface area (Å²) in [5, 5.41) is 1.05. The van der Waals surface area contributed by atoms with Gasteiger partial charge >= 0.3 is 0 Å². The summed E-state index contributed by atoms with van der Waals surface area (Å²) in [4.78, 5) is 25.7. The fourth-order valence-corrected chi connectivity index (χ4v) is 2.05. The molecule has 0 amide bonds. The molecule has 0 unspecified atom stereocenters. The molecule has 1 N–H and O–H groups in total. The third kappa shape index (κ3) is 2.28. The van der Waals surface area contributed by atoms with Crippen LogP contribution in [0.5, 0.6) is 0 Å². The van der Waals surface area contributed by atoms with Gasteiger partial charge in [-0.25, -0.2) is 0 Å². The molecule has 0 saturated carbocycles. The number of carbonyl (C=O) groups excluding carboxylic acids is 1. The molecule has 17 heavy (non-hydrogen) atoms. The Morgan fingerprint density at radius 2 is 2.00 bits per heavy atom. The average Bonchev–Trinajstić information content (AvgIpc) is 2.28. The van der Waals surface area contributed by atoms with E-state index in [1.54, 1.807) is 6.92 Å². The zero-order chi connectivity index (χ0) is 12.4. The average molecular weight is 229 g/mol. The molecule has 2 rings (SSSR count). The van der Waals surface area contributed by atoms with Gasteiger partial charge in [-0.05, 0) is 31.9 Å². The second kappa shape index (κ2) is 4.53. The normalized spacial score (nSPS) is 10.7. The van der Waals surface area contributed by atoms with Crippen LogP contribution in [0.2, 0.25) is 0 Å². The summed E-state index contributed by atoms with van der Waals surface area (Å²) >= 11 is 0. The molecule has 1 aromatic heterocycles. The highest BCUT2D eigenvalue weighted by Crippen LogP contribution is 2.17. The summed E-state index contributed by atoms with van der Waals surface area (Å²) in [5.41, 5.74) is 2.47. The lowest BCUT2D eigenvalue weighted by atomic mass is 10.0. The first-order valence-corrected chi connectivity index (χ1v) is 5.69. The number of rotatable bonds is 3. The highest BCUT2D eigenvalue weighted by molar-refractivity contribution is 5.83. The van der Waals surface area contributed by atoms with E-state index < -0.39 is 0 Å². The minimum Gasteiger partial charge on any atom is -0.322 e. The van der Waals surface area contributed by atoms with Crippen LogP contribution < -0.4 is 5.56 Å². The predicted octanol–water partition coefficient (Wildman–Crippen LogP) is 2.36. The number of H-pyrrole nitrogens is 1. The lowest BCUT2D eigenvalue weighted by Gasteiger charge is -2.07. The summed E-state index contributed by atoms with van der Waals surface area (Å²) in [6.07, 6.45) is 0.934. The maximum absolute atomic E-state index is 11.9. The van der Waals surface area contributed by atoms with Gasteiger partial charge in [0.1, 0.15) is 5.78 Å². The van der Waals surface area contributed by atoms with Gasteiger partial charge in [-0.3, -0.25) is 4.79 Å². The van der Waals surface area contributed by atoms with Gasteiger partial charge in [-0.2, -0.15) is 0 Å². The Bertz CT molecular complexity index is 626. The number of pyridine rings is 1. The van der Waals surface area contributed by atoms with Gasteiger partial charge in [0, 0.05) is 22.9 Å². The number of fused-ring (bicyclic) bond motifs is 1. The van der Waals surface area contributed by atoms with Crippen molar-refractivity contribution in [2.75, 3.05) is 0 Å².